The molecule has 0 saturated heterocycles. The third kappa shape index (κ3) is 2.66. The molecule has 0 aliphatic heterocycles. The fraction of sp³-hybridized carbons (Fsp3) is 0.467. The number of nitrogens with zero attached hydrogens (tertiary/aromatic N) is 3. The Hall–Kier alpha value is -2.44. The van der Waals surface area contributed by atoms with Gasteiger partial charge in [0.2, 0.25) is 11.8 Å². The molecule has 0 spiro atoms. The Labute approximate surface area is 127 Å². The largest absolute Gasteiger partial charge is 0.423 e. The van der Waals surface area contributed by atoms with Crippen LogP contribution in [0.2, 0.25) is 0 Å². The Balaban J connectivity index is 1.79. The van der Waals surface area contributed by atoms with E-state index in [2.05, 4.69) is 15.2 Å². The summed E-state index contributed by atoms with van der Waals surface area (Å²) in [5.74, 6) is 0.559. The molecule has 0 aromatic carbocycles. The fourth-order valence-corrected chi connectivity index (χ4v) is 2.65. The quantitative estimate of drug-likeness (QED) is 0.912. The van der Waals surface area contributed by atoms with Gasteiger partial charge in [-0.2, -0.15) is 0 Å². The normalized spacial score (nSPS) is 13.2. The monoisotopic (exact) mass is 302 g/mol. The molecule has 0 bridgehead atoms. The van der Waals surface area contributed by atoms with Crippen LogP contribution in [0, 0.1) is 0 Å². The van der Waals surface area contributed by atoms with Crippen molar-refractivity contribution < 1.29 is 9.21 Å². The average molecular weight is 302 g/mol. The van der Waals surface area contributed by atoms with Crippen molar-refractivity contribution in [1.82, 2.24) is 20.1 Å². The maximum Gasteiger partial charge on any atom is 0.261 e. The van der Waals surface area contributed by atoms with Crippen molar-refractivity contribution in [2.24, 2.45) is 0 Å². The van der Waals surface area contributed by atoms with E-state index in [-0.39, 0.29) is 23.6 Å². The summed E-state index contributed by atoms with van der Waals surface area (Å²) in [6.07, 6.45) is 3.44. The molecule has 2 heterocycles. The number of aromatic amines is 1. The molecule has 2 aromatic heterocycles. The zero-order valence-corrected chi connectivity index (χ0v) is 12.7. The number of carbonyl (C=O) groups is 1. The number of nitrogens with one attached hydrogen (secondary N) is 1. The summed E-state index contributed by atoms with van der Waals surface area (Å²) >= 11 is 0. The Morgan fingerprint density at radius 2 is 2.14 bits per heavy atom. The van der Waals surface area contributed by atoms with Crippen LogP contribution < -0.4 is 5.56 Å². The molecule has 3 rings (SSSR count). The Morgan fingerprint density at radius 3 is 2.86 bits per heavy atom. The second kappa shape index (κ2) is 5.75. The molecule has 0 fully saturated rings. The van der Waals surface area contributed by atoms with Gasteiger partial charge < -0.3 is 14.3 Å². The molecule has 0 radical (unpaired) electrons. The minimum Gasteiger partial charge on any atom is -0.423 e. The Morgan fingerprint density at radius 1 is 1.36 bits per heavy atom. The molecule has 1 aliphatic carbocycles. The zero-order valence-electron chi connectivity index (χ0n) is 12.7. The van der Waals surface area contributed by atoms with Crippen molar-refractivity contribution in [2.75, 3.05) is 7.05 Å². The van der Waals surface area contributed by atoms with E-state index in [1.165, 1.54) is 4.90 Å². The molecule has 1 aliphatic rings. The van der Waals surface area contributed by atoms with E-state index in [0.29, 0.717) is 18.2 Å². The maximum absolute atomic E-state index is 12.5. The highest BCUT2D eigenvalue weighted by atomic mass is 16.4. The van der Waals surface area contributed by atoms with Crippen LogP contribution >= 0.6 is 0 Å². The van der Waals surface area contributed by atoms with Crippen LogP contribution in [0.5, 0.6) is 0 Å². The summed E-state index contributed by atoms with van der Waals surface area (Å²) in [6.45, 7) is 2.10. The summed E-state index contributed by atoms with van der Waals surface area (Å²) in [6, 6.07) is 1.71. The molecule has 0 saturated carbocycles. The summed E-state index contributed by atoms with van der Waals surface area (Å²) in [5, 5.41) is 7.75. The van der Waals surface area contributed by atoms with Gasteiger partial charge in [-0.3, -0.25) is 9.59 Å². The van der Waals surface area contributed by atoms with Crippen LogP contribution in [0.3, 0.4) is 0 Å². The van der Waals surface area contributed by atoms with Crippen LogP contribution in [0.15, 0.2) is 15.3 Å². The molecule has 7 heteroatoms. The number of rotatable bonds is 4. The van der Waals surface area contributed by atoms with Gasteiger partial charge in [0.05, 0.1) is 6.54 Å². The number of aromatic nitrogens is 3. The van der Waals surface area contributed by atoms with Gasteiger partial charge in [0.1, 0.15) is 5.56 Å². The summed E-state index contributed by atoms with van der Waals surface area (Å²) in [7, 11) is 1.62. The summed E-state index contributed by atoms with van der Waals surface area (Å²) in [4.78, 5) is 28.8. The van der Waals surface area contributed by atoms with E-state index < -0.39 is 0 Å². The standard InChI is InChI=1S/C15H18N4O3/c1-3-12-17-18-13(22-12)8-19(2)15(21)10-7-9-5-4-6-11(9)16-14(10)20/h7H,3-6,8H2,1-2H3,(H,16,20). The van der Waals surface area contributed by atoms with E-state index >= 15 is 0 Å². The summed E-state index contributed by atoms with van der Waals surface area (Å²) < 4.78 is 5.39. The lowest BCUT2D eigenvalue weighted by molar-refractivity contribution is 0.0770. The first-order valence-electron chi connectivity index (χ1n) is 7.40. The molecule has 2 aromatic rings. The van der Waals surface area contributed by atoms with E-state index in [9.17, 15) is 9.59 Å². The van der Waals surface area contributed by atoms with E-state index in [1.54, 1.807) is 13.1 Å². The van der Waals surface area contributed by atoms with Crippen molar-refractivity contribution in [2.45, 2.75) is 39.2 Å². The fourth-order valence-electron chi connectivity index (χ4n) is 2.65. The highest BCUT2D eigenvalue weighted by Crippen LogP contribution is 2.19. The third-order valence-electron chi connectivity index (χ3n) is 3.85. The Kier molecular flexibility index (Phi) is 3.79. The van der Waals surface area contributed by atoms with Crippen LogP contribution in [-0.4, -0.2) is 33.0 Å². The number of amides is 1. The second-order valence-corrected chi connectivity index (χ2v) is 5.47. The van der Waals surface area contributed by atoms with Crippen LogP contribution in [-0.2, 0) is 25.8 Å². The van der Waals surface area contributed by atoms with Gasteiger partial charge in [0.25, 0.3) is 11.5 Å². The lowest BCUT2D eigenvalue weighted by Crippen LogP contribution is -2.32. The van der Waals surface area contributed by atoms with Gasteiger partial charge in [-0.15, -0.1) is 10.2 Å². The van der Waals surface area contributed by atoms with Crippen LogP contribution in [0.25, 0.3) is 0 Å². The number of fused-ring (bicyclic) bond motifs is 1. The van der Waals surface area contributed by atoms with Gasteiger partial charge in [-0.25, -0.2) is 0 Å². The topological polar surface area (TPSA) is 92.1 Å². The number of pyridine rings is 1. The number of aryl methyl sites for hydroxylation is 3. The maximum atomic E-state index is 12.5. The van der Waals surface area contributed by atoms with Crippen LogP contribution in [0.4, 0.5) is 0 Å². The first-order valence-corrected chi connectivity index (χ1v) is 7.40. The number of hydrogen-bond acceptors (Lipinski definition) is 5. The zero-order chi connectivity index (χ0) is 15.7. The average Bonchev–Trinajstić information content (AvgIpc) is 3.13. The third-order valence-corrected chi connectivity index (χ3v) is 3.85. The molecular weight excluding hydrogens is 284 g/mol. The predicted molar refractivity (Wildman–Crippen MR) is 78.6 cm³/mol. The second-order valence-electron chi connectivity index (χ2n) is 5.47. The number of carbonyl (C=O) groups excluding carboxylic acids is 1. The minimum atomic E-state index is -0.341. The van der Waals surface area contributed by atoms with Crippen molar-refractivity contribution in [3.8, 4) is 0 Å². The van der Waals surface area contributed by atoms with Gasteiger partial charge >= 0.3 is 0 Å². The smallest absolute Gasteiger partial charge is 0.261 e. The molecule has 0 unspecified atom stereocenters. The molecular formula is C15H18N4O3. The van der Waals surface area contributed by atoms with E-state index in [0.717, 1.165) is 30.5 Å². The van der Waals surface area contributed by atoms with Gasteiger partial charge in [-0.05, 0) is 30.9 Å². The van der Waals surface area contributed by atoms with Crippen molar-refractivity contribution in [1.29, 1.82) is 0 Å². The van der Waals surface area contributed by atoms with E-state index in [1.807, 2.05) is 6.92 Å². The first-order chi connectivity index (χ1) is 10.6. The van der Waals surface area contributed by atoms with Crippen molar-refractivity contribution >= 4 is 5.91 Å². The number of hydrogen-bond donors (Lipinski definition) is 1. The Bertz CT molecular complexity index is 762. The molecule has 7 nitrogen and oxygen atoms in total. The van der Waals surface area contributed by atoms with Gasteiger partial charge in [-0.1, -0.05) is 6.92 Å². The highest BCUT2D eigenvalue weighted by Gasteiger charge is 2.21. The highest BCUT2D eigenvalue weighted by molar-refractivity contribution is 5.93. The van der Waals surface area contributed by atoms with Crippen LogP contribution in [0.1, 0.15) is 46.7 Å². The van der Waals surface area contributed by atoms with Gasteiger partial charge in [0, 0.05) is 19.2 Å². The lowest BCUT2D eigenvalue weighted by atomic mass is 10.1. The lowest BCUT2D eigenvalue weighted by Gasteiger charge is -2.15. The molecule has 1 amide bonds. The van der Waals surface area contributed by atoms with E-state index in [4.69, 9.17) is 4.42 Å². The first kappa shape index (κ1) is 14.5. The van der Waals surface area contributed by atoms with Crippen molar-refractivity contribution in [3.05, 3.63) is 45.0 Å². The minimum absolute atomic E-state index is 0.165. The molecule has 0 atom stereocenters. The summed E-state index contributed by atoms with van der Waals surface area (Å²) in [5.41, 5.74) is 1.84. The predicted octanol–water partition coefficient (Wildman–Crippen LogP) is 1.08. The molecule has 116 valence electrons. The molecule has 1 N–H and O–H groups in total. The number of H-pyrrole nitrogens is 1. The van der Waals surface area contributed by atoms with Crippen molar-refractivity contribution in [3.63, 3.8) is 0 Å². The SMILES string of the molecule is CCc1nnc(CN(C)C(=O)c2cc3c([nH]c2=O)CCC3)o1. The van der Waals surface area contributed by atoms with Gasteiger partial charge in [0.15, 0.2) is 0 Å². The molecule has 22 heavy (non-hydrogen) atoms.